The molecule has 2 aliphatic rings. The number of nitrogens with zero attached hydrogens (tertiary/aromatic N) is 6. The smallest absolute Gasteiger partial charge is 0.148 e. The van der Waals surface area contributed by atoms with Crippen LogP contribution in [0.3, 0.4) is 0 Å². The van der Waals surface area contributed by atoms with Crippen molar-refractivity contribution >= 4 is 5.82 Å². The molecule has 1 saturated heterocycles. The summed E-state index contributed by atoms with van der Waals surface area (Å²) in [6.45, 7) is 8.63. The Hall–Kier alpha value is -2.80. The van der Waals surface area contributed by atoms with Crippen LogP contribution in [0.2, 0.25) is 0 Å². The molecule has 1 aliphatic carbocycles. The number of rotatable bonds is 7. The van der Waals surface area contributed by atoms with E-state index < -0.39 is 0 Å². The molecule has 1 aliphatic heterocycles. The Balaban J connectivity index is 1.07. The molecule has 1 N–H and O–H groups in total. The normalized spacial score (nSPS) is 22.9. The Labute approximate surface area is 190 Å². The first-order valence-electron chi connectivity index (χ1n) is 11.8. The van der Waals surface area contributed by atoms with E-state index in [-0.39, 0.29) is 0 Å². The molecule has 1 saturated carbocycles. The lowest BCUT2D eigenvalue weighted by molar-refractivity contribution is 0.285. The fraction of sp³-hybridized carbons (Fsp3) is 0.520. The van der Waals surface area contributed by atoms with E-state index in [4.69, 9.17) is 0 Å². The fourth-order valence-electron chi connectivity index (χ4n) is 5.66. The summed E-state index contributed by atoms with van der Waals surface area (Å²) < 4.78 is 1.85. The van der Waals surface area contributed by atoms with Gasteiger partial charge in [0.25, 0.3) is 0 Å². The molecule has 168 valence electrons. The third kappa shape index (κ3) is 4.39. The highest BCUT2D eigenvalue weighted by Crippen LogP contribution is 2.43. The number of fused-ring (bicyclic) bond motifs is 1. The Bertz CT molecular complexity index is 1020. The lowest BCUT2D eigenvalue weighted by Crippen LogP contribution is -2.23. The van der Waals surface area contributed by atoms with Crippen molar-refractivity contribution in [2.75, 3.05) is 25.0 Å². The highest BCUT2D eigenvalue weighted by molar-refractivity contribution is 5.59. The van der Waals surface area contributed by atoms with E-state index in [2.05, 4.69) is 43.5 Å². The first-order chi connectivity index (χ1) is 15.6. The summed E-state index contributed by atoms with van der Waals surface area (Å²) in [5.41, 5.74) is 5.54. The molecule has 7 heteroatoms. The van der Waals surface area contributed by atoms with Gasteiger partial charge in [0.05, 0.1) is 17.6 Å². The van der Waals surface area contributed by atoms with Crippen LogP contribution >= 0.6 is 0 Å². The van der Waals surface area contributed by atoms with Crippen LogP contribution in [-0.2, 0) is 13.6 Å². The maximum Gasteiger partial charge on any atom is 0.148 e. The molecule has 4 heterocycles. The summed E-state index contributed by atoms with van der Waals surface area (Å²) >= 11 is 0. The van der Waals surface area contributed by atoms with Crippen molar-refractivity contribution in [2.45, 2.75) is 39.7 Å². The molecular weight excluding hydrogens is 398 g/mol. The monoisotopic (exact) mass is 431 g/mol. The van der Waals surface area contributed by atoms with E-state index >= 15 is 0 Å². The second kappa shape index (κ2) is 8.98. The minimum absolute atomic E-state index is 0.820. The van der Waals surface area contributed by atoms with Crippen LogP contribution in [0.1, 0.15) is 36.1 Å². The van der Waals surface area contributed by atoms with E-state index in [9.17, 15) is 0 Å². The van der Waals surface area contributed by atoms with Gasteiger partial charge in [0, 0.05) is 39.4 Å². The molecule has 0 aromatic carbocycles. The van der Waals surface area contributed by atoms with Crippen LogP contribution in [0.4, 0.5) is 5.82 Å². The molecule has 0 bridgehead atoms. The Morgan fingerprint density at radius 2 is 1.84 bits per heavy atom. The molecule has 32 heavy (non-hydrogen) atoms. The average molecular weight is 432 g/mol. The molecule has 3 aromatic rings. The second-order valence-electron chi connectivity index (χ2n) is 9.64. The summed E-state index contributed by atoms with van der Waals surface area (Å²) in [7, 11) is 1.94. The summed E-state index contributed by atoms with van der Waals surface area (Å²) in [6.07, 6.45) is 7.69. The molecule has 0 spiro atoms. The highest BCUT2D eigenvalue weighted by atomic mass is 15.3. The number of aromatic nitrogens is 5. The molecule has 7 nitrogen and oxygen atoms in total. The van der Waals surface area contributed by atoms with Crippen LogP contribution in [0.5, 0.6) is 0 Å². The first kappa shape index (κ1) is 21.1. The van der Waals surface area contributed by atoms with Gasteiger partial charge in [0.2, 0.25) is 0 Å². The maximum atomic E-state index is 4.58. The van der Waals surface area contributed by atoms with E-state index in [1.807, 2.05) is 49.2 Å². The van der Waals surface area contributed by atoms with Gasteiger partial charge in [-0.3, -0.25) is 14.6 Å². The molecule has 0 radical (unpaired) electrons. The summed E-state index contributed by atoms with van der Waals surface area (Å²) in [4.78, 5) is 7.19. The predicted octanol–water partition coefficient (Wildman–Crippen LogP) is 3.85. The van der Waals surface area contributed by atoms with Crippen LogP contribution < -0.4 is 5.32 Å². The van der Waals surface area contributed by atoms with Gasteiger partial charge in [-0.25, -0.2) is 0 Å². The Morgan fingerprint density at radius 3 is 2.50 bits per heavy atom. The maximum absolute atomic E-state index is 4.58. The van der Waals surface area contributed by atoms with Crippen molar-refractivity contribution in [1.29, 1.82) is 0 Å². The number of nitrogens with one attached hydrogen (secondary N) is 1. The predicted molar refractivity (Wildman–Crippen MR) is 126 cm³/mol. The minimum atomic E-state index is 0.820. The molecular formula is C25H33N7. The van der Waals surface area contributed by atoms with E-state index in [0.717, 1.165) is 53.6 Å². The lowest BCUT2D eigenvalue weighted by atomic mass is 10.0. The summed E-state index contributed by atoms with van der Waals surface area (Å²) in [5.74, 6) is 3.37. The number of hydrogen-bond donors (Lipinski definition) is 1. The number of aryl methyl sites for hydroxylation is 3. The number of pyridine rings is 1. The number of anilines is 1. The first-order valence-corrected chi connectivity index (χ1v) is 11.8. The van der Waals surface area contributed by atoms with E-state index in [1.54, 1.807) is 0 Å². The summed E-state index contributed by atoms with van der Waals surface area (Å²) in [5, 5.41) is 16.5. The van der Waals surface area contributed by atoms with Crippen molar-refractivity contribution in [3.8, 4) is 11.4 Å². The van der Waals surface area contributed by atoms with Gasteiger partial charge in [0.1, 0.15) is 11.5 Å². The molecule has 2 unspecified atom stereocenters. The van der Waals surface area contributed by atoms with Gasteiger partial charge in [-0.15, -0.1) is 10.2 Å². The average Bonchev–Trinajstić information content (AvgIpc) is 3.43. The van der Waals surface area contributed by atoms with Gasteiger partial charge in [-0.1, -0.05) is 6.07 Å². The molecule has 5 rings (SSSR count). The van der Waals surface area contributed by atoms with E-state index in [0.29, 0.717) is 0 Å². The molecule has 0 amide bonds. The topological polar surface area (TPSA) is 71.8 Å². The number of hydrogen-bond acceptors (Lipinski definition) is 6. The minimum Gasteiger partial charge on any atom is -0.369 e. The molecule has 3 aromatic heterocycles. The highest BCUT2D eigenvalue weighted by Gasteiger charge is 2.40. The van der Waals surface area contributed by atoms with Crippen molar-refractivity contribution in [2.24, 2.45) is 24.8 Å². The Morgan fingerprint density at radius 1 is 1.03 bits per heavy atom. The van der Waals surface area contributed by atoms with Gasteiger partial charge < -0.3 is 5.32 Å². The zero-order valence-electron chi connectivity index (χ0n) is 19.3. The standard InChI is InChI=1S/C25H33N7/c1-17-5-4-9-26-23(17)16-32-14-20-11-19(12-21(20)15-32)8-10-27-24-7-6-22(29-30-24)25-18(2)13-28-31(25)3/h4-7,9,13,19-21H,8,10-12,14-16H2,1-3H3,(H,27,30). The molecule has 2 fully saturated rings. The van der Waals surface area contributed by atoms with Crippen LogP contribution in [0, 0.1) is 31.6 Å². The van der Waals surface area contributed by atoms with Crippen molar-refractivity contribution < 1.29 is 0 Å². The SMILES string of the molecule is Cc1cccnc1CN1CC2CC(CCNc3ccc(-c4c(C)cnn4C)nn3)CC2C1. The van der Waals surface area contributed by atoms with Crippen LogP contribution in [0.15, 0.2) is 36.7 Å². The third-order valence-corrected chi connectivity index (χ3v) is 7.30. The van der Waals surface area contributed by atoms with E-state index in [1.165, 1.54) is 43.6 Å². The van der Waals surface area contributed by atoms with Crippen molar-refractivity contribution in [3.05, 3.63) is 53.5 Å². The van der Waals surface area contributed by atoms with Crippen molar-refractivity contribution in [1.82, 2.24) is 29.9 Å². The van der Waals surface area contributed by atoms with Gasteiger partial charge >= 0.3 is 0 Å². The third-order valence-electron chi connectivity index (χ3n) is 7.30. The zero-order chi connectivity index (χ0) is 22.1. The number of likely N-dealkylation sites (tertiary alicyclic amines) is 1. The van der Waals surface area contributed by atoms with Gasteiger partial charge in [-0.05, 0) is 80.2 Å². The largest absolute Gasteiger partial charge is 0.369 e. The lowest BCUT2D eigenvalue weighted by Gasteiger charge is -2.19. The zero-order valence-corrected chi connectivity index (χ0v) is 19.3. The van der Waals surface area contributed by atoms with Gasteiger partial charge in [-0.2, -0.15) is 5.10 Å². The molecule has 2 atom stereocenters. The van der Waals surface area contributed by atoms with Gasteiger partial charge in [0.15, 0.2) is 0 Å². The Kier molecular flexibility index (Phi) is 5.91. The van der Waals surface area contributed by atoms with Crippen LogP contribution in [0.25, 0.3) is 11.4 Å². The quantitative estimate of drug-likeness (QED) is 0.613. The van der Waals surface area contributed by atoms with Crippen LogP contribution in [-0.4, -0.2) is 49.5 Å². The fourth-order valence-corrected chi connectivity index (χ4v) is 5.66. The second-order valence-corrected chi connectivity index (χ2v) is 9.64. The summed E-state index contributed by atoms with van der Waals surface area (Å²) in [6, 6.07) is 8.24. The van der Waals surface area contributed by atoms with Crippen molar-refractivity contribution in [3.63, 3.8) is 0 Å².